The van der Waals surface area contributed by atoms with Crippen LogP contribution in [0.15, 0.2) is 0 Å². The maximum atomic E-state index is 12.3. The van der Waals surface area contributed by atoms with Gasteiger partial charge in [0.25, 0.3) is 0 Å². The van der Waals surface area contributed by atoms with Crippen molar-refractivity contribution in [3.05, 3.63) is 16.7 Å². The molecule has 0 spiro atoms. The van der Waals surface area contributed by atoms with Gasteiger partial charge in [0.05, 0.1) is 25.7 Å². The van der Waals surface area contributed by atoms with Crippen LogP contribution < -0.4 is 14.2 Å². The molecule has 130 valence electrons. The van der Waals surface area contributed by atoms with E-state index in [9.17, 15) is 9.90 Å². The number of fused-ring (bicyclic) bond motifs is 2. The summed E-state index contributed by atoms with van der Waals surface area (Å²) in [7, 11) is 1.66. The van der Waals surface area contributed by atoms with Crippen LogP contribution in [-0.2, 0) is 23.1 Å². The van der Waals surface area contributed by atoms with Crippen LogP contribution in [0.1, 0.15) is 55.2 Å². The Balaban J connectivity index is 2.04. The fraction of sp³-hybridized carbons (Fsp3) is 0.632. The molecule has 0 unspecified atom stereocenters. The van der Waals surface area contributed by atoms with E-state index in [1.807, 2.05) is 0 Å². The van der Waals surface area contributed by atoms with Gasteiger partial charge in [-0.25, -0.2) is 0 Å². The van der Waals surface area contributed by atoms with Crippen molar-refractivity contribution in [1.82, 2.24) is 0 Å². The monoisotopic (exact) mass is 332 g/mol. The van der Waals surface area contributed by atoms with Gasteiger partial charge in [0, 0.05) is 16.7 Å². The maximum Gasteiger partial charge on any atom is 0.314 e. The van der Waals surface area contributed by atoms with E-state index >= 15 is 0 Å². The van der Waals surface area contributed by atoms with Crippen molar-refractivity contribution in [2.45, 2.75) is 56.8 Å². The van der Waals surface area contributed by atoms with E-state index in [-0.39, 0.29) is 0 Å². The molecule has 3 aliphatic rings. The minimum Gasteiger partial charge on any atom is -0.493 e. The fourth-order valence-corrected chi connectivity index (χ4v) is 4.67. The Morgan fingerprint density at radius 1 is 1.00 bits per heavy atom. The summed E-state index contributed by atoms with van der Waals surface area (Å²) in [6, 6.07) is 0. The van der Waals surface area contributed by atoms with Crippen LogP contribution in [0.25, 0.3) is 0 Å². The largest absolute Gasteiger partial charge is 0.493 e. The molecule has 2 aliphatic heterocycles. The lowest BCUT2D eigenvalue weighted by atomic mass is 9.73. The van der Waals surface area contributed by atoms with E-state index in [1.54, 1.807) is 7.11 Å². The molecule has 4 rings (SSSR count). The molecular weight excluding hydrogens is 308 g/mol. The van der Waals surface area contributed by atoms with Gasteiger partial charge in [-0.1, -0.05) is 12.8 Å². The molecule has 5 nitrogen and oxygen atoms in total. The quantitative estimate of drug-likeness (QED) is 0.920. The molecule has 0 atom stereocenters. The summed E-state index contributed by atoms with van der Waals surface area (Å²) in [5.41, 5.74) is 2.05. The first-order chi connectivity index (χ1) is 11.7. The molecule has 1 N–H and O–H groups in total. The molecule has 1 aliphatic carbocycles. The first-order valence-electron chi connectivity index (χ1n) is 8.94. The summed E-state index contributed by atoms with van der Waals surface area (Å²) in [6.45, 7) is 1.29. The molecule has 1 saturated carbocycles. The zero-order chi connectivity index (χ0) is 16.7. The summed E-state index contributed by atoms with van der Waals surface area (Å²) < 4.78 is 17.7. The number of carbonyl (C=O) groups is 1. The SMILES string of the molecule is COc1c2c(c(C3(C(=O)O)CCCC3)c3c1OCCC3)OCCC2. The number of methoxy groups -OCH3 is 1. The van der Waals surface area contributed by atoms with Crippen LogP contribution in [0.2, 0.25) is 0 Å². The predicted octanol–water partition coefficient (Wildman–Crippen LogP) is 3.24. The van der Waals surface area contributed by atoms with Crippen molar-refractivity contribution < 1.29 is 24.1 Å². The normalized spacial score (nSPS) is 21.2. The number of aliphatic carboxylic acids is 1. The average molecular weight is 332 g/mol. The number of hydrogen-bond donors (Lipinski definition) is 1. The van der Waals surface area contributed by atoms with Gasteiger partial charge in [-0.15, -0.1) is 0 Å². The topological polar surface area (TPSA) is 65.0 Å². The smallest absolute Gasteiger partial charge is 0.314 e. The van der Waals surface area contributed by atoms with Gasteiger partial charge in [-0.2, -0.15) is 0 Å². The van der Waals surface area contributed by atoms with Gasteiger partial charge >= 0.3 is 5.97 Å². The second-order valence-corrected chi connectivity index (χ2v) is 7.02. The van der Waals surface area contributed by atoms with Crippen LogP contribution in [0.4, 0.5) is 0 Å². The van der Waals surface area contributed by atoms with Crippen molar-refractivity contribution in [1.29, 1.82) is 0 Å². The van der Waals surface area contributed by atoms with Crippen molar-refractivity contribution in [2.24, 2.45) is 0 Å². The van der Waals surface area contributed by atoms with E-state index in [4.69, 9.17) is 14.2 Å². The van der Waals surface area contributed by atoms with E-state index in [1.165, 1.54) is 0 Å². The third-order valence-electron chi connectivity index (χ3n) is 5.74. The second-order valence-electron chi connectivity index (χ2n) is 7.02. The minimum atomic E-state index is -0.835. The predicted molar refractivity (Wildman–Crippen MR) is 88.4 cm³/mol. The molecule has 24 heavy (non-hydrogen) atoms. The molecular formula is C19H24O5. The standard InChI is InChI=1S/C19H24O5/c1-22-16-13-7-5-10-23-15(13)14(12-6-4-11-24-17(12)16)19(18(20)21)8-2-3-9-19/h2-11H2,1H3,(H,20,21). The van der Waals surface area contributed by atoms with E-state index in [0.717, 1.165) is 72.5 Å². The first kappa shape index (κ1) is 15.6. The molecule has 1 fully saturated rings. The van der Waals surface area contributed by atoms with E-state index < -0.39 is 11.4 Å². The lowest BCUT2D eigenvalue weighted by molar-refractivity contribution is -0.143. The van der Waals surface area contributed by atoms with Crippen LogP contribution in [0.3, 0.4) is 0 Å². The molecule has 0 radical (unpaired) electrons. The lowest BCUT2D eigenvalue weighted by Crippen LogP contribution is -2.36. The zero-order valence-electron chi connectivity index (χ0n) is 14.2. The van der Waals surface area contributed by atoms with Gasteiger partial charge < -0.3 is 19.3 Å². The number of ether oxygens (including phenoxy) is 3. The Morgan fingerprint density at radius 3 is 2.25 bits per heavy atom. The Hall–Kier alpha value is -1.91. The Labute approximate surface area is 141 Å². The lowest BCUT2D eigenvalue weighted by Gasteiger charge is -2.35. The molecule has 1 aromatic carbocycles. The molecule has 0 aromatic heterocycles. The zero-order valence-corrected chi connectivity index (χ0v) is 14.2. The molecule has 0 amide bonds. The highest BCUT2D eigenvalue weighted by Crippen LogP contribution is 2.55. The third-order valence-corrected chi connectivity index (χ3v) is 5.74. The van der Waals surface area contributed by atoms with Crippen LogP contribution >= 0.6 is 0 Å². The van der Waals surface area contributed by atoms with Gasteiger partial charge in [-0.3, -0.25) is 4.79 Å². The number of rotatable bonds is 3. The van der Waals surface area contributed by atoms with Gasteiger partial charge in [0.1, 0.15) is 5.75 Å². The van der Waals surface area contributed by atoms with Gasteiger partial charge in [0.2, 0.25) is 0 Å². The molecule has 1 aromatic rings. The van der Waals surface area contributed by atoms with Crippen molar-refractivity contribution >= 4 is 5.97 Å². The maximum absolute atomic E-state index is 12.3. The highest BCUT2D eigenvalue weighted by atomic mass is 16.5. The molecule has 2 heterocycles. The molecule has 0 bridgehead atoms. The number of benzene rings is 1. The van der Waals surface area contributed by atoms with E-state index in [0.29, 0.717) is 26.1 Å². The highest BCUT2D eigenvalue weighted by molar-refractivity contribution is 5.85. The highest BCUT2D eigenvalue weighted by Gasteiger charge is 2.49. The van der Waals surface area contributed by atoms with Crippen LogP contribution in [0.5, 0.6) is 17.2 Å². The average Bonchev–Trinajstić information content (AvgIpc) is 3.10. The van der Waals surface area contributed by atoms with Crippen molar-refractivity contribution in [3.8, 4) is 17.2 Å². The molecule has 5 heteroatoms. The molecule has 0 saturated heterocycles. The first-order valence-corrected chi connectivity index (χ1v) is 8.94. The summed E-state index contributed by atoms with van der Waals surface area (Å²) in [6.07, 6.45) is 6.74. The third kappa shape index (κ3) is 2.10. The number of carboxylic acids is 1. The van der Waals surface area contributed by atoms with Gasteiger partial charge in [0.15, 0.2) is 11.5 Å². The van der Waals surface area contributed by atoms with Crippen molar-refractivity contribution in [3.63, 3.8) is 0 Å². The summed E-state index contributed by atoms with van der Waals surface area (Å²) in [5.74, 6) is 1.55. The Bertz CT molecular complexity index is 636. The minimum absolute atomic E-state index is 0.637. The summed E-state index contributed by atoms with van der Waals surface area (Å²) in [5, 5.41) is 10.1. The summed E-state index contributed by atoms with van der Waals surface area (Å²) >= 11 is 0. The summed E-state index contributed by atoms with van der Waals surface area (Å²) in [4.78, 5) is 12.3. The Morgan fingerprint density at radius 2 is 1.62 bits per heavy atom. The van der Waals surface area contributed by atoms with E-state index in [2.05, 4.69) is 0 Å². The number of carboxylic acid groups (broad SMARTS) is 1. The number of hydrogen-bond acceptors (Lipinski definition) is 4. The van der Waals surface area contributed by atoms with Crippen LogP contribution in [-0.4, -0.2) is 31.4 Å². The Kier molecular flexibility index (Phi) is 3.82. The second kappa shape index (κ2) is 5.87. The van der Waals surface area contributed by atoms with Crippen LogP contribution in [0, 0.1) is 0 Å². The van der Waals surface area contributed by atoms with Gasteiger partial charge in [-0.05, 0) is 38.5 Å². The fourth-order valence-electron chi connectivity index (χ4n) is 4.67. The van der Waals surface area contributed by atoms with Crippen molar-refractivity contribution in [2.75, 3.05) is 20.3 Å².